The number of aromatic nitrogens is 3. The minimum absolute atomic E-state index is 0.0206. The standard InChI is InChI=1S/C19H18N4O4/c24-17(21-10-11-27-15-7-2-1-3-8-15)16-12-22-19(26)23(18(16)25)13-14-6-4-5-9-20-14/h1-9,12H,10-11,13H2,(H,21,24)(H,22,26). The molecule has 1 aromatic carbocycles. The summed E-state index contributed by atoms with van der Waals surface area (Å²) in [6.07, 6.45) is 2.69. The van der Waals surface area contributed by atoms with Crippen molar-refractivity contribution in [2.45, 2.75) is 6.54 Å². The Morgan fingerprint density at radius 2 is 1.89 bits per heavy atom. The lowest BCUT2D eigenvalue weighted by Crippen LogP contribution is -2.41. The Balaban J connectivity index is 1.65. The number of rotatable bonds is 7. The summed E-state index contributed by atoms with van der Waals surface area (Å²) in [5.41, 5.74) is -0.885. The number of hydrogen-bond acceptors (Lipinski definition) is 5. The summed E-state index contributed by atoms with van der Waals surface area (Å²) in [4.78, 5) is 43.3. The fourth-order valence-electron chi connectivity index (χ4n) is 2.42. The lowest BCUT2D eigenvalue weighted by molar-refractivity contribution is 0.0944. The second-order valence-electron chi connectivity index (χ2n) is 5.64. The molecule has 0 aliphatic carbocycles. The van der Waals surface area contributed by atoms with Crippen LogP contribution in [0.3, 0.4) is 0 Å². The molecule has 0 saturated heterocycles. The first-order chi connectivity index (χ1) is 13.1. The summed E-state index contributed by atoms with van der Waals surface area (Å²) in [6.45, 7) is 0.445. The van der Waals surface area contributed by atoms with Gasteiger partial charge in [-0.1, -0.05) is 24.3 Å². The van der Waals surface area contributed by atoms with Gasteiger partial charge in [0.05, 0.1) is 18.8 Å². The fraction of sp³-hybridized carbons (Fsp3) is 0.158. The molecule has 2 N–H and O–H groups in total. The van der Waals surface area contributed by atoms with Gasteiger partial charge in [-0.2, -0.15) is 0 Å². The number of hydrogen-bond donors (Lipinski definition) is 2. The van der Waals surface area contributed by atoms with Gasteiger partial charge in [-0.3, -0.25) is 19.1 Å². The van der Waals surface area contributed by atoms with Crippen LogP contribution in [0.2, 0.25) is 0 Å². The Morgan fingerprint density at radius 3 is 2.63 bits per heavy atom. The van der Waals surface area contributed by atoms with Gasteiger partial charge in [-0.15, -0.1) is 0 Å². The second-order valence-corrected chi connectivity index (χ2v) is 5.64. The molecule has 0 spiro atoms. The summed E-state index contributed by atoms with van der Waals surface area (Å²) in [5.74, 6) is 0.108. The van der Waals surface area contributed by atoms with E-state index in [1.807, 2.05) is 18.2 Å². The van der Waals surface area contributed by atoms with E-state index < -0.39 is 17.2 Å². The number of pyridine rings is 1. The van der Waals surface area contributed by atoms with E-state index in [0.29, 0.717) is 11.4 Å². The summed E-state index contributed by atoms with van der Waals surface area (Å²) >= 11 is 0. The van der Waals surface area contributed by atoms with Crippen molar-refractivity contribution >= 4 is 5.91 Å². The average molecular weight is 366 g/mol. The predicted molar refractivity (Wildman–Crippen MR) is 98.9 cm³/mol. The zero-order valence-corrected chi connectivity index (χ0v) is 14.4. The van der Waals surface area contributed by atoms with Crippen LogP contribution in [0.1, 0.15) is 16.1 Å². The van der Waals surface area contributed by atoms with E-state index in [2.05, 4.69) is 15.3 Å². The number of benzene rings is 1. The molecule has 0 radical (unpaired) electrons. The van der Waals surface area contributed by atoms with Crippen LogP contribution in [-0.4, -0.2) is 33.6 Å². The van der Waals surface area contributed by atoms with E-state index >= 15 is 0 Å². The van der Waals surface area contributed by atoms with Gasteiger partial charge in [0.25, 0.3) is 11.5 Å². The van der Waals surface area contributed by atoms with Gasteiger partial charge in [0.1, 0.15) is 17.9 Å². The SMILES string of the molecule is O=C(NCCOc1ccccc1)c1c[nH]c(=O)n(Cc2ccccn2)c1=O. The van der Waals surface area contributed by atoms with Crippen LogP contribution in [0.5, 0.6) is 5.75 Å². The highest BCUT2D eigenvalue weighted by Gasteiger charge is 2.14. The van der Waals surface area contributed by atoms with Gasteiger partial charge in [0, 0.05) is 12.4 Å². The second kappa shape index (κ2) is 8.61. The highest BCUT2D eigenvalue weighted by molar-refractivity contribution is 5.93. The van der Waals surface area contributed by atoms with E-state index in [4.69, 9.17) is 4.74 Å². The van der Waals surface area contributed by atoms with Crippen LogP contribution in [0.4, 0.5) is 0 Å². The minimum atomic E-state index is -0.675. The van der Waals surface area contributed by atoms with Gasteiger partial charge in [0.2, 0.25) is 0 Å². The number of amides is 1. The number of aromatic amines is 1. The summed E-state index contributed by atoms with van der Waals surface area (Å²) < 4.78 is 6.42. The number of carbonyl (C=O) groups is 1. The molecule has 2 aromatic heterocycles. The molecule has 138 valence electrons. The summed E-state index contributed by atoms with van der Waals surface area (Å²) in [5, 5.41) is 2.61. The third kappa shape index (κ3) is 4.69. The molecule has 0 saturated carbocycles. The molecule has 3 aromatic rings. The molecule has 0 unspecified atom stereocenters. The molecule has 0 atom stereocenters. The van der Waals surface area contributed by atoms with Crippen molar-refractivity contribution in [1.82, 2.24) is 19.9 Å². The fourth-order valence-corrected chi connectivity index (χ4v) is 2.42. The van der Waals surface area contributed by atoms with E-state index in [1.165, 1.54) is 0 Å². The first-order valence-corrected chi connectivity index (χ1v) is 8.33. The summed E-state index contributed by atoms with van der Waals surface area (Å²) in [6, 6.07) is 14.4. The maximum atomic E-state index is 12.5. The van der Waals surface area contributed by atoms with Gasteiger partial charge in [-0.05, 0) is 24.3 Å². The maximum Gasteiger partial charge on any atom is 0.328 e. The number of carbonyl (C=O) groups excluding carboxylic acids is 1. The maximum absolute atomic E-state index is 12.5. The molecular formula is C19H18N4O4. The molecule has 0 bridgehead atoms. The van der Waals surface area contributed by atoms with Crippen LogP contribution >= 0.6 is 0 Å². The van der Waals surface area contributed by atoms with Crippen LogP contribution in [0, 0.1) is 0 Å². The molecule has 27 heavy (non-hydrogen) atoms. The zero-order valence-electron chi connectivity index (χ0n) is 14.4. The number of ether oxygens (including phenoxy) is 1. The monoisotopic (exact) mass is 366 g/mol. The third-order valence-corrected chi connectivity index (χ3v) is 3.75. The summed E-state index contributed by atoms with van der Waals surface area (Å²) in [7, 11) is 0. The van der Waals surface area contributed by atoms with Gasteiger partial charge in [0.15, 0.2) is 0 Å². The van der Waals surface area contributed by atoms with Crippen molar-refractivity contribution in [3.8, 4) is 5.75 Å². The van der Waals surface area contributed by atoms with Crippen molar-refractivity contribution in [1.29, 1.82) is 0 Å². The van der Waals surface area contributed by atoms with Crippen molar-refractivity contribution in [3.05, 3.63) is 93.0 Å². The Morgan fingerprint density at radius 1 is 1.11 bits per heavy atom. The minimum Gasteiger partial charge on any atom is -0.492 e. The quantitative estimate of drug-likeness (QED) is 0.601. The molecule has 0 fully saturated rings. The molecule has 0 aliphatic heterocycles. The Labute approximate surface area is 154 Å². The largest absolute Gasteiger partial charge is 0.492 e. The number of para-hydroxylation sites is 1. The van der Waals surface area contributed by atoms with Crippen LogP contribution in [-0.2, 0) is 6.54 Å². The van der Waals surface area contributed by atoms with Gasteiger partial charge < -0.3 is 15.0 Å². The third-order valence-electron chi connectivity index (χ3n) is 3.75. The van der Waals surface area contributed by atoms with E-state index in [0.717, 1.165) is 10.8 Å². The highest BCUT2D eigenvalue weighted by Crippen LogP contribution is 2.07. The Bertz CT molecular complexity index is 1010. The van der Waals surface area contributed by atoms with Crippen LogP contribution in [0.25, 0.3) is 0 Å². The van der Waals surface area contributed by atoms with E-state index in [-0.39, 0.29) is 25.3 Å². The molecule has 8 heteroatoms. The van der Waals surface area contributed by atoms with Gasteiger partial charge >= 0.3 is 5.69 Å². The van der Waals surface area contributed by atoms with Crippen LogP contribution < -0.4 is 21.3 Å². The molecular weight excluding hydrogens is 348 g/mol. The van der Waals surface area contributed by atoms with Crippen molar-refractivity contribution in [2.24, 2.45) is 0 Å². The van der Waals surface area contributed by atoms with E-state index in [9.17, 15) is 14.4 Å². The normalized spacial score (nSPS) is 10.4. The smallest absolute Gasteiger partial charge is 0.328 e. The lowest BCUT2D eigenvalue weighted by Gasteiger charge is -2.09. The molecule has 3 rings (SSSR count). The Kier molecular flexibility index (Phi) is 5.78. The first kappa shape index (κ1) is 18.1. The molecule has 2 heterocycles. The zero-order chi connectivity index (χ0) is 19.1. The predicted octanol–water partition coefficient (Wildman–Crippen LogP) is 0.789. The van der Waals surface area contributed by atoms with Crippen molar-refractivity contribution in [3.63, 3.8) is 0 Å². The van der Waals surface area contributed by atoms with Crippen molar-refractivity contribution < 1.29 is 9.53 Å². The lowest BCUT2D eigenvalue weighted by atomic mass is 10.3. The molecule has 1 amide bonds. The van der Waals surface area contributed by atoms with Crippen molar-refractivity contribution in [2.75, 3.05) is 13.2 Å². The van der Waals surface area contributed by atoms with Gasteiger partial charge in [-0.25, -0.2) is 4.79 Å². The molecule has 8 nitrogen and oxygen atoms in total. The average Bonchev–Trinajstić information content (AvgIpc) is 2.70. The number of nitrogens with one attached hydrogen (secondary N) is 2. The van der Waals surface area contributed by atoms with E-state index in [1.54, 1.807) is 36.5 Å². The Hall–Kier alpha value is -3.68. The first-order valence-electron chi connectivity index (χ1n) is 8.33. The highest BCUT2D eigenvalue weighted by atomic mass is 16.5. The molecule has 0 aliphatic rings. The number of nitrogens with zero attached hydrogens (tertiary/aromatic N) is 2. The van der Waals surface area contributed by atoms with Crippen LogP contribution in [0.15, 0.2) is 70.5 Å². The topological polar surface area (TPSA) is 106 Å². The number of H-pyrrole nitrogens is 1.